The van der Waals surface area contributed by atoms with E-state index in [2.05, 4.69) is 10.1 Å². The maximum atomic E-state index is 13.6. The van der Waals surface area contributed by atoms with E-state index in [0.717, 1.165) is 18.2 Å². The fourth-order valence-electron chi connectivity index (χ4n) is 1.86. The smallest absolute Gasteiger partial charge is 0.387 e. The zero-order valence-corrected chi connectivity index (χ0v) is 12.8. The average Bonchev–Trinajstić information content (AvgIpc) is 2.49. The zero-order valence-electron chi connectivity index (χ0n) is 12.0. The van der Waals surface area contributed by atoms with Crippen molar-refractivity contribution in [2.24, 2.45) is 0 Å². The van der Waals surface area contributed by atoms with Gasteiger partial charge in [0.05, 0.1) is 16.1 Å². The molecule has 10 heteroatoms. The number of nitrogens with one attached hydrogen (secondary N) is 1. The van der Waals surface area contributed by atoms with Gasteiger partial charge in [0.1, 0.15) is 5.82 Å². The zero-order chi connectivity index (χ0) is 18.7. The normalized spacial score (nSPS) is 10.6. The predicted molar refractivity (Wildman–Crippen MR) is 79.4 cm³/mol. The number of alkyl halides is 2. The topological polar surface area (TPSA) is 75.6 Å². The van der Waals surface area contributed by atoms with Crippen molar-refractivity contribution in [3.8, 4) is 5.75 Å². The van der Waals surface area contributed by atoms with Crippen LogP contribution in [-0.2, 0) is 0 Å². The van der Waals surface area contributed by atoms with Gasteiger partial charge in [-0.25, -0.2) is 13.6 Å². The summed E-state index contributed by atoms with van der Waals surface area (Å²) < 4.78 is 55.1. The Bertz CT molecular complexity index is 845. The van der Waals surface area contributed by atoms with Gasteiger partial charge in [0.2, 0.25) is 0 Å². The standard InChI is InChI=1S/C15H8ClF4NO4/c16-9-5-10(17)8(14(23)24)4-7(9)13(22)21-6-1-2-12(11(18)3-6)25-15(19)20/h1-5,15H,(H,21,22)(H,23,24). The van der Waals surface area contributed by atoms with Crippen molar-refractivity contribution in [3.63, 3.8) is 0 Å². The van der Waals surface area contributed by atoms with Crippen molar-refractivity contribution in [1.29, 1.82) is 0 Å². The predicted octanol–water partition coefficient (Wildman–Crippen LogP) is 4.17. The molecule has 0 saturated carbocycles. The largest absolute Gasteiger partial charge is 0.478 e. The summed E-state index contributed by atoms with van der Waals surface area (Å²) >= 11 is 5.71. The second kappa shape index (κ2) is 7.39. The van der Waals surface area contributed by atoms with Gasteiger partial charge in [0.15, 0.2) is 11.6 Å². The summed E-state index contributed by atoms with van der Waals surface area (Å²) in [6.45, 7) is -3.22. The molecule has 0 atom stereocenters. The molecule has 25 heavy (non-hydrogen) atoms. The van der Waals surface area contributed by atoms with Gasteiger partial charge in [-0.3, -0.25) is 4.79 Å². The number of carbonyl (C=O) groups excluding carboxylic acids is 1. The Morgan fingerprint density at radius 1 is 1.08 bits per heavy atom. The number of carboxylic acids is 1. The monoisotopic (exact) mass is 377 g/mol. The van der Waals surface area contributed by atoms with E-state index in [0.29, 0.717) is 12.1 Å². The van der Waals surface area contributed by atoms with E-state index >= 15 is 0 Å². The minimum Gasteiger partial charge on any atom is -0.478 e. The molecule has 0 saturated heterocycles. The van der Waals surface area contributed by atoms with E-state index in [1.54, 1.807) is 0 Å². The maximum Gasteiger partial charge on any atom is 0.387 e. The highest BCUT2D eigenvalue weighted by molar-refractivity contribution is 6.34. The first-order valence-electron chi connectivity index (χ1n) is 6.47. The first-order chi connectivity index (χ1) is 11.7. The summed E-state index contributed by atoms with van der Waals surface area (Å²) in [5.74, 6) is -5.57. The van der Waals surface area contributed by atoms with Crippen molar-refractivity contribution in [2.45, 2.75) is 6.61 Å². The molecule has 0 unspecified atom stereocenters. The van der Waals surface area contributed by atoms with Crippen LogP contribution in [-0.4, -0.2) is 23.6 Å². The summed E-state index contributed by atoms with van der Waals surface area (Å²) in [7, 11) is 0. The van der Waals surface area contributed by atoms with Crippen LogP contribution in [0.2, 0.25) is 5.02 Å². The van der Waals surface area contributed by atoms with Crippen molar-refractivity contribution in [3.05, 3.63) is 58.1 Å². The van der Waals surface area contributed by atoms with Crippen molar-refractivity contribution >= 4 is 29.2 Å². The summed E-state index contributed by atoms with van der Waals surface area (Å²) in [6.07, 6.45) is 0. The third-order valence-electron chi connectivity index (χ3n) is 2.94. The summed E-state index contributed by atoms with van der Waals surface area (Å²) in [6, 6.07) is 4.03. The van der Waals surface area contributed by atoms with Gasteiger partial charge in [-0.05, 0) is 24.3 Å². The molecule has 0 fully saturated rings. The van der Waals surface area contributed by atoms with Gasteiger partial charge < -0.3 is 15.2 Å². The number of benzene rings is 2. The molecule has 0 aromatic heterocycles. The lowest BCUT2D eigenvalue weighted by molar-refractivity contribution is -0.0521. The Hall–Kier alpha value is -2.81. The van der Waals surface area contributed by atoms with Gasteiger partial charge in [-0.1, -0.05) is 11.6 Å². The molecule has 0 radical (unpaired) electrons. The third kappa shape index (κ3) is 4.38. The van der Waals surface area contributed by atoms with Crippen LogP contribution in [0.5, 0.6) is 5.75 Å². The van der Waals surface area contributed by atoms with Crippen molar-refractivity contribution < 1.29 is 37.0 Å². The molecule has 0 bridgehead atoms. The number of hydrogen-bond donors (Lipinski definition) is 2. The van der Waals surface area contributed by atoms with Crippen molar-refractivity contribution in [1.82, 2.24) is 0 Å². The molecule has 0 aliphatic rings. The molecule has 2 aromatic rings. The van der Waals surface area contributed by atoms with Crippen LogP contribution in [0.15, 0.2) is 30.3 Å². The van der Waals surface area contributed by atoms with Gasteiger partial charge in [-0.15, -0.1) is 0 Å². The van der Waals surface area contributed by atoms with Crippen molar-refractivity contribution in [2.75, 3.05) is 5.32 Å². The molecule has 0 aliphatic heterocycles. The fraction of sp³-hybridized carbons (Fsp3) is 0.0667. The molecule has 5 nitrogen and oxygen atoms in total. The Balaban J connectivity index is 2.27. The minimum absolute atomic E-state index is 0.138. The summed E-state index contributed by atoms with van der Waals surface area (Å²) in [5.41, 5.74) is -1.28. The summed E-state index contributed by atoms with van der Waals surface area (Å²) in [5, 5.41) is 10.7. The second-order valence-electron chi connectivity index (χ2n) is 4.59. The number of rotatable bonds is 5. The number of amides is 1. The average molecular weight is 378 g/mol. The maximum absolute atomic E-state index is 13.6. The van der Waals surface area contributed by atoms with Crippen LogP contribution in [0, 0.1) is 11.6 Å². The molecular formula is C15H8ClF4NO4. The Labute approximate surface area is 142 Å². The summed E-state index contributed by atoms with van der Waals surface area (Å²) in [4.78, 5) is 23.0. The molecule has 0 aliphatic carbocycles. The number of carbonyl (C=O) groups is 2. The molecule has 0 spiro atoms. The Kier molecular flexibility index (Phi) is 5.48. The quantitative estimate of drug-likeness (QED) is 0.767. The first kappa shape index (κ1) is 18.5. The van der Waals surface area contributed by atoms with Gasteiger partial charge in [-0.2, -0.15) is 8.78 Å². The van der Waals surface area contributed by atoms with E-state index in [1.807, 2.05) is 0 Å². The first-order valence-corrected chi connectivity index (χ1v) is 6.85. The van der Waals surface area contributed by atoms with Crippen LogP contribution in [0.1, 0.15) is 20.7 Å². The number of aromatic carboxylic acids is 1. The highest BCUT2D eigenvalue weighted by Crippen LogP contribution is 2.25. The molecule has 1 amide bonds. The third-order valence-corrected chi connectivity index (χ3v) is 3.25. The van der Waals surface area contributed by atoms with Gasteiger partial charge in [0, 0.05) is 11.8 Å². The van der Waals surface area contributed by atoms with E-state index in [1.165, 1.54) is 0 Å². The van der Waals surface area contributed by atoms with E-state index in [-0.39, 0.29) is 16.3 Å². The molecule has 2 rings (SSSR count). The highest BCUT2D eigenvalue weighted by Gasteiger charge is 2.19. The van der Waals surface area contributed by atoms with Gasteiger partial charge in [0.25, 0.3) is 5.91 Å². The lowest BCUT2D eigenvalue weighted by atomic mass is 10.1. The second-order valence-corrected chi connectivity index (χ2v) is 5.00. The lowest BCUT2D eigenvalue weighted by Gasteiger charge is -2.10. The van der Waals surface area contributed by atoms with Crippen LogP contribution in [0.25, 0.3) is 0 Å². The minimum atomic E-state index is -3.22. The molecule has 2 N–H and O–H groups in total. The van der Waals surface area contributed by atoms with Crippen LogP contribution in [0.3, 0.4) is 0 Å². The number of anilines is 1. The molecule has 0 heterocycles. The Morgan fingerprint density at radius 3 is 2.32 bits per heavy atom. The van der Waals surface area contributed by atoms with Gasteiger partial charge >= 0.3 is 12.6 Å². The fourth-order valence-corrected chi connectivity index (χ4v) is 2.09. The molecular weight excluding hydrogens is 370 g/mol. The number of carboxylic acid groups (broad SMARTS) is 1. The molecule has 132 valence electrons. The van der Waals surface area contributed by atoms with E-state index in [4.69, 9.17) is 16.7 Å². The van der Waals surface area contributed by atoms with Crippen LogP contribution >= 0.6 is 11.6 Å². The van der Waals surface area contributed by atoms with E-state index in [9.17, 15) is 27.2 Å². The number of ether oxygens (including phenoxy) is 1. The number of hydrogen-bond acceptors (Lipinski definition) is 3. The SMILES string of the molecule is O=C(O)c1cc(C(=O)Nc2ccc(OC(F)F)c(F)c2)c(Cl)cc1F. The number of halogens is 5. The highest BCUT2D eigenvalue weighted by atomic mass is 35.5. The molecule has 2 aromatic carbocycles. The van der Waals surface area contributed by atoms with Crippen LogP contribution in [0.4, 0.5) is 23.2 Å². The Morgan fingerprint density at radius 2 is 1.76 bits per heavy atom. The van der Waals surface area contributed by atoms with E-state index < -0.39 is 41.4 Å². The van der Waals surface area contributed by atoms with Crippen LogP contribution < -0.4 is 10.1 Å². The lowest BCUT2D eigenvalue weighted by Crippen LogP contribution is -2.15.